The molecule has 1 aromatic carbocycles. The fraction of sp³-hybridized carbons (Fsp3) is 0.682. The number of esters is 1. The zero-order valence-corrected chi connectivity index (χ0v) is 18.4. The van der Waals surface area contributed by atoms with Crippen molar-refractivity contribution in [2.45, 2.75) is 71.3 Å². The van der Waals surface area contributed by atoms with E-state index < -0.39 is 0 Å². The number of alkyl halides is 2. The van der Waals surface area contributed by atoms with Gasteiger partial charge in [-0.1, -0.05) is 38.3 Å². The van der Waals surface area contributed by atoms with Crippen LogP contribution in [0.1, 0.15) is 64.4 Å². The maximum absolute atomic E-state index is 12.0. The number of hydrogen-bond donors (Lipinski definition) is 0. The summed E-state index contributed by atoms with van der Waals surface area (Å²) < 4.78 is 5.50. The van der Waals surface area contributed by atoms with Crippen LogP contribution in [0.2, 0.25) is 0 Å². The van der Waals surface area contributed by atoms with Gasteiger partial charge in [0.15, 0.2) is 0 Å². The van der Waals surface area contributed by atoms with Crippen molar-refractivity contribution in [3.63, 3.8) is 0 Å². The standard InChI is InChI=1S/C22H35Cl2NO2/c1-3-4-5-6-8-19(2)27-22(26)10-7-9-20-11-13-21(14-12-20)25(17-15-23)18-16-24/h11-14,19H,3-10,15-18H2,1-2H3/t19-/m1/s1. The van der Waals surface area contributed by atoms with E-state index in [4.69, 9.17) is 27.9 Å². The summed E-state index contributed by atoms with van der Waals surface area (Å²) in [5, 5.41) is 0. The molecule has 3 nitrogen and oxygen atoms in total. The molecule has 1 rings (SSSR count). The van der Waals surface area contributed by atoms with Crippen molar-refractivity contribution in [1.82, 2.24) is 0 Å². The number of halogens is 2. The Morgan fingerprint density at radius 2 is 1.70 bits per heavy atom. The second-order valence-electron chi connectivity index (χ2n) is 7.03. The van der Waals surface area contributed by atoms with Crippen LogP contribution in [0.5, 0.6) is 0 Å². The van der Waals surface area contributed by atoms with E-state index in [9.17, 15) is 4.79 Å². The third-order valence-electron chi connectivity index (χ3n) is 4.65. The van der Waals surface area contributed by atoms with E-state index in [0.29, 0.717) is 18.2 Å². The molecule has 0 amide bonds. The number of hydrogen-bond acceptors (Lipinski definition) is 3. The molecule has 0 aliphatic carbocycles. The van der Waals surface area contributed by atoms with E-state index in [1.165, 1.54) is 24.8 Å². The second kappa shape index (κ2) is 15.0. The lowest BCUT2D eigenvalue weighted by Gasteiger charge is -2.23. The molecule has 0 N–H and O–H groups in total. The third-order valence-corrected chi connectivity index (χ3v) is 4.99. The van der Waals surface area contributed by atoms with Crippen molar-refractivity contribution in [2.24, 2.45) is 0 Å². The maximum atomic E-state index is 12.0. The average Bonchev–Trinajstić information content (AvgIpc) is 2.66. The first-order chi connectivity index (χ1) is 13.1. The van der Waals surface area contributed by atoms with E-state index in [0.717, 1.165) is 44.5 Å². The van der Waals surface area contributed by atoms with E-state index in [1.807, 2.05) is 6.92 Å². The summed E-state index contributed by atoms with van der Waals surface area (Å²) in [5.74, 6) is 1.08. The second-order valence-corrected chi connectivity index (χ2v) is 7.79. The van der Waals surface area contributed by atoms with Crippen molar-refractivity contribution < 1.29 is 9.53 Å². The minimum atomic E-state index is -0.0787. The first kappa shape index (κ1) is 24.1. The van der Waals surface area contributed by atoms with Gasteiger partial charge in [0.05, 0.1) is 6.10 Å². The Balaban J connectivity index is 2.29. The monoisotopic (exact) mass is 415 g/mol. The summed E-state index contributed by atoms with van der Waals surface area (Å²) in [6.07, 6.45) is 8.02. The van der Waals surface area contributed by atoms with Crippen molar-refractivity contribution in [1.29, 1.82) is 0 Å². The predicted octanol–water partition coefficient (Wildman–Crippen LogP) is 6.20. The van der Waals surface area contributed by atoms with Crippen LogP contribution in [-0.4, -0.2) is 36.9 Å². The molecule has 0 aliphatic heterocycles. The van der Waals surface area contributed by atoms with Crippen LogP contribution in [0.3, 0.4) is 0 Å². The normalized spacial score (nSPS) is 12.0. The zero-order chi connectivity index (χ0) is 19.9. The number of carbonyl (C=O) groups is 1. The minimum absolute atomic E-state index is 0.0310. The first-order valence-corrected chi connectivity index (χ1v) is 11.3. The fourth-order valence-electron chi connectivity index (χ4n) is 3.09. The molecule has 0 saturated carbocycles. The molecule has 0 aromatic heterocycles. The summed E-state index contributed by atoms with van der Waals surface area (Å²) in [7, 11) is 0. The molecule has 0 saturated heterocycles. The Bertz CT molecular complexity index is 502. The summed E-state index contributed by atoms with van der Waals surface area (Å²) in [5.41, 5.74) is 2.37. The van der Waals surface area contributed by atoms with Crippen LogP contribution in [0.4, 0.5) is 5.69 Å². The lowest BCUT2D eigenvalue weighted by Crippen LogP contribution is -2.27. The number of aryl methyl sites for hydroxylation is 1. The molecule has 0 fully saturated rings. The molecule has 0 bridgehead atoms. The van der Waals surface area contributed by atoms with Gasteiger partial charge < -0.3 is 9.64 Å². The van der Waals surface area contributed by atoms with E-state index >= 15 is 0 Å². The van der Waals surface area contributed by atoms with Gasteiger partial charge in [-0.3, -0.25) is 4.79 Å². The first-order valence-electron chi connectivity index (χ1n) is 10.3. The van der Waals surface area contributed by atoms with Gasteiger partial charge >= 0.3 is 5.97 Å². The van der Waals surface area contributed by atoms with Gasteiger partial charge in [-0.25, -0.2) is 0 Å². The van der Waals surface area contributed by atoms with Gasteiger partial charge in [-0.15, -0.1) is 23.2 Å². The number of ether oxygens (including phenoxy) is 1. The highest BCUT2D eigenvalue weighted by atomic mass is 35.5. The molecular weight excluding hydrogens is 381 g/mol. The third kappa shape index (κ3) is 10.8. The predicted molar refractivity (Wildman–Crippen MR) is 117 cm³/mol. The van der Waals surface area contributed by atoms with Crippen molar-refractivity contribution in [2.75, 3.05) is 29.7 Å². The number of anilines is 1. The van der Waals surface area contributed by atoms with Crippen molar-refractivity contribution in [3.8, 4) is 0 Å². The van der Waals surface area contributed by atoms with Gasteiger partial charge in [0.25, 0.3) is 0 Å². The molecule has 0 spiro atoms. The van der Waals surface area contributed by atoms with E-state index in [1.54, 1.807) is 0 Å². The molecule has 27 heavy (non-hydrogen) atoms. The van der Waals surface area contributed by atoms with Gasteiger partial charge in [0.2, 0.25) is 0 Å². The summed E-state index contributed by atoms with van der Waals surface area (Å²) >= 11 is 11.7. The highest BCUT2D eigenvalue weighted by molar-refractivity contribution is 6.18. The van der Waals surface area contributed by atoms with Crippen LogP contribution in [-0.2, 0) is 16.0 Å². The topological polar surface area (TPSA) is 29.5 Å². The Labute approximate surface area is 175 Å². The number of carbonyl (C=O) groups excluding carboxylic acids is 1. The van der Waals surface area contributed by atoms with Crippen molar-refractivity contribution >= 4 is 34.9 Å². The summed E-state index contributed by atoms with van der Waals surface area (Å²) in [4.78, 5) is 14.1. The fourth-order valence-corrected chi connectivity index (χ4v) is 3.49. The largest absolute Gasteiger partial charge is 0.463 e. The Morgan fingerprint density at radius 3 is 2.30 bits per heavy atom. The van der Waals surface area contributed by atoms with Crippen LogP contribution in [0.15, 0.2) is 24.3 Å². The number of unbranched alkanes of at least 4 members (excludes halogenated alkanes) is 3. The molecule has 154 valence electrons. The maximum Gasteiger partial charge on any atom is 0.306 e. The van der Waals surface area contributed by atoms with Crippen LogP contribution in [0.25, 0.3) is 0 Å². The highest BCUT2D eigenvalue weighted by Crippen LogP contribution is 2.17. The number of rotatable bonds is 15. The van der Waals surface area contributed by atoms with E-state index in [-0.39, 0.29) is 12.1 Å². The van der Waals surface area contributed by atoms with Gasteiger partial charge in [-0.05, 0) is 50.3 Å². The summed E-state index contributed by atoms with van der Waals surface area (Å²) in [6.45, 7) is 5.77. The van der Waals surface area contributed by atoms with E-state index in [2.05, 4.69) is 36.1 Å². The summed E-state index contributed by atoms with van der Waals surface area (Å²) in [6, 6.07) is 8.44. The highest BCUT2D eigenvalue weighted by Gasteiger charge is 2.10. The van der Waals surface area contributed by atoms with Crippen LogP contribution in [0, 0.1) is 0 Å². The Kier molecular flexibility index (Phi) is 13.4. The molecular formula is C22H35Cl2NO2. The minimum Gasteiger partial charge on any atom is -0.463 e. The lowest BCUT2D eigenvalue weighted by molar-refractivity contribution is -0.148. The molecule has 1 atom stereocenters. The Hall–Kier alpha value is -0.930. The molecule has 0 unspecified atom stereocenters. The number of nitrogens with zero attached hydrogens (tertiary/aromatic N) is 1. The molecule has 5 heteroatoms. The van der Waals surface area contributed by atoms with Gasteiger partial charge in [-0.2, -0.15) is 0 Å². The molecule has 0 heterocycles. The average molecular weight is 416 g/mol. The number of benzene rings is 1. The smallest absolute Gasteiger partial charge is 0.306 e. The van der Waals surface area contributed by atoms with Gasteiger partial charge in [0.1, 0.15) is 0 Å². The zero-order valence-electron chi connectivity index (χ0n) is 16.9. The van der Waals surface area contributed by atoms with Crippen LogP contribution < -0.4 is 4.90 Å². The lowest BCUT2D eigenvalue weighted by atomic mass is 10.1. The van der Waals surface area contributed by atoms with Crippen LogP contribution >= 0.6 is 23.2 Å². The molecule has 0 aliphatic rings. The molecule has 1 aromatic rings. The Morgan fingerprint density at radius 1 is 1.04 bits per heavy atom. The quantitative estimate of drug-likeness (QED) is 0.194. The molecule has 0 radical (unpaired) electrons. The SMILES string of the molecule is CCCCCC[C@@H](C)OC(=O)CCCc1ccc(N(CCCl)CCCl)cc1. The van der Waals surface area contributed by atoms with Crippen molar-refractivity contribution in [3.05, 3.63) is 29.8 Å². The van der Waals surface area contributed by atoms with Gasteiger partial charge in [0, 0.05) is 37.0 Å².